The molecule has 0 atom stereocenters. The second-order valence-electron chi connectivity index (χ2n) is 3.27. The Labute approximate surface area is 82.4 Å². The van der Waals surface area contributed by atoms with Crippen LogP contribution >= 0.6 is 0 Å². The van der Waals surface area contributed by atoms with Gasteiger partial charge in [-0.25, -0.2) is 0 Å². The molecule has 0 aliphatic heterocycles. The third kappa shape index (κ3) is 1.59. The van der Waals surface area contributed by atoms with Gasteiger partial charge in [-0.1, -0.05) is 12.1 Å². The fraction of sp³-hybridized carbons (Fsp3) is 0.200. The highest BCUT2D eigenvalue weighted by atomic mass is 15.2. The maximum atomic E-state index is 5.81. The fourth-order valence-corrected chi connectivity index (χ4v) is 1.38. The first-order valence-corrected chi connectivity index (χ1v) is 4.44. The van der Waals surface area contributed by atoms with E-state index >= 15 is 0 Å². The van der Waals surface area contributed by atoms with E-state index in [-0.39, 0.29) is 0 Å². The summed E-state index contributed by atoms with van der Waals surface area (Å²) in [4.78, 5) is 0. The van der Waals surface area contributed by atoms with Crippen LogP contribution in [0, 0.1) is 6.92 Å². The number of nitrogens with two attached hydrogens (primary N) is 1. The van der Waals surface area contributed by atoms with E-state index in [4.69, 9.17) is 5.73 Å². The van der Waals surface area contributed by atoms with Crippen molar-refractivity contribution in [2.24, 2.45) is 0 Å². The largest absolute Gasteiger partial charge is 0.399 e. The minimum absolute atomic E-state index is 0.768. The van der Waals surface area contributed by atoms with Crippen molar-refractivity contribution in [3.05, 3.63) is 42.0 Å². The quantitative estimate of drug-likeness (QED) is 0.721. The number of nitrogen functional groups attached to an aromatic ring is 1. The van der Waals surface area contributed by atoms with Crippen LogP contribution in [0.1, 0.15) is 11.1 Å². The van der Waals surface area contributed by atoms with Crippen molar-refractivity contribution in [1.29, 1.82) is 0 Å². The number of anilines is 1. The molecule has 0 radical (unpaired) electrons. The summed E-state index contributed by atoms with van der Waals surface area (Å²) in [6.07, 6.45) is 3.39. The minimum Gasteiger partial charge on any atom is -0.399 e. The Balaban J connectivity index is 2.29. The topological polar surface area (TPSA) is 56.7 Å². The number of nitrogens with zero attached hydrogens (tertiary/aromatic N) is 3. The van der Waals surface area contributed by atoms with Crippen LogP contribution in [0.4, 0.5) is 5.69 Å². The number of benzene rings is 1. The molecule has 1 aromatic carbocycles. The van der Waals surface area contributed by atoms with Crippen LogP contribution in [0.3, 0.4) is 0 Å². The third-order valence-electron chi connectivity index (χ3n) is 2.31. The lowest BCUT2D eigenvalue weighted by Gasteiger charge is -2.07. The molecule has 1 heterocycles. The molecule has 0 amide bonds. The van der Waals surface area contributed by atoms with E-state index in [0.717, 1.165) is 17.8 Å². The number of hydrogen-bond acceptors (Lipinski definition) is 3. The van der Waals surface area contributed by atoms with Crippen molar-refractivity contribution in [2.75, 3.05) is 5.73 Å². The molecule has 0 aliphatic carbocycles. The average molecular weight is 188 g/mol. The number of rotatable bonds is 2. The van der Waals surface area contributed by atoms with Gasteiger partial charge in [0.2, 0.25) is 0 Å². The van der Waals surface area contributed by atoms with E-state index in [1.807, 2.05) is 23.6 Å². The Bertz CT molecular complexity index is 420. The average Bonchev–Trinajstić information content (AvgIpc) is 2.66. The summed E-state index contributed by atoms with van der Waals surface area (Å²) < 4.78 is 1.92. The Hall–Kier alpha value is -1.84. The molecule has 2 N–H and O–H groups in total. The van der Waals surface area contributed by atoms with Crippen molar-refractivity contribution in [3.63, 3.8) is 0 Å². The van der Waals surface area contributed by atoms with Crippen LogP contribution in [0.2, 0.25) is 0 Å². The van der Waals surface area contributed by atoms with Gasteiger partial charge in [0.1, 0.15) is 12.7 Å². The summed E-state index contributed by atoms with van der Waals surface area (Å²) in [7, 11) is 0. The fourth-order valence-electron chi connectivity index (χ4n) is 1.38. The van der Waals surface area contributed by atoms with Gasteiger partial charge in [-0.05, 0) is 24.1 Å². The Morgan fingerprint density at radius 1 is 1.29 bits per heavy atom. The van der Waals surface area contributed by atoms with Gasteiger partial charge in [0, 0.05) is 5.69 Å². The predicted octanol–water partition coefficient (Wildman–Crippen LogP) is 1.22. The van der Waals surface area contributed by atoms with E-state index in [1.54, 1.807) is 12.7 Å². The molecule has 14 heavy (non-hydrogen) atoms. The van der Waals surface area contributed by atoms with Crippen molar-refractivity contribution >= 4 is 5.69 Å². The summed E-state index contributed by atoms with van der Waals surface area (Å²) in [6.45, 7) is 2.79. The maximum absolute atomic E-state index is 5.81. The van der Waals surface area contributed by atoms with E-state index in [9.17, 15) is 0 Å². The highest BCUT2D eigenvalue weighted by molar-refractivity contribution is 5.49. The molecule has 2 rings (SSSR count). The number of aromatic nitrogens is 3. The molecule has 4 nitrogen and oxygen atoms in total. The summed E-state index contributed by atoms with van der Waals surface area (Å²) >= 11 is 0. The smallest absolute Gasteiger partial charge is 0.119 e. The Morgan fingerprint density at radius 3 is 2.71 bits per heavy atom. The van der Waals surface area contributed by atoms with Crippen LogP contribution in [-0.4, -0.2) is 14.8 Å². The molecular weight excluding hydrogens is 176 g/mol. The zero-order valence-corrected chi connectivity index (χ0v) is 8.01. The SMILES string of the molecule is Cc1c(N)cccc1Cn1cnnc1. The number of hydrogen-bond donors (Lipinski definition) is 1. The lowest BCUT2D eigenvalue weighted by molar-refractivity contribution is 0.790. The van der Waals surface area contributed by atoms with Gasteiger partial charge in [0.25, 0.3) is 0 Å². The second kappa shape index (κ2) is 3.49. The second-order valence-corrected chi connectivity index (χ2v) is 3.27. The Morgan fingerprint density at radius 2 is 2.00 bits per heavy atom. The van der Waals surface area contributed by atoms with E-state index in [0.29, 0.717) is 0 Å². The highest BCUT2D eigenvalue weighted by Gasteiger charge is 2.01. The normalized spacial score (nSPS) is 10.4. The molecule has 2 aromatic rings. The molecule has 1 aromatic heterocycles. The van der Waals surface area contributed by atoms with Crippen LogP contribution in [-0.2, 0) is 6.54 Å². The van der Waals surface area contributed by atoms with Gasteiger partial charge < -0.3 is 10.3 Å². The highest BCUT2D eigenvalue weighted by Crippen LogP contribution is 2.16. The lowest BCUT2D eigenvalue weighted by Crippen LogP contribution is -2.01. The van der Waals surface area contributed by atoms with Crippen LogP contribution in [0.25, 0.3) is 0 Å². The molecule has 72 valence electrons. The predicted molar refractivity (Wildman–Crippen MR) is 54.7 cm³/mol. The first-order chi connectivity index (χ1) is 6.77. The van der Waals surface area contributed by atoms with Crippen molar-refractivity contribution < 1.29 is 0 Å². The zero-order chi connectivity index (χ0) is 9.97. The van der Waals surface area contributed by atoms with E-state index in [2.05, 4.69) is 16.3 Å². The van der Waals surface area contributed by atoms with E-state index in [1.165, 1.54) is 5.56 Å². The van der Waals surface area contributed by atoms with Crippen molar-refractivity contribution in [2.45, 2.75) is 13.5 Å². The van der Waals surface area contributed by atoms with Gasteiger partial charge in [0.05, 0.1) is 6.54 Å². The van der Waals surface area contributed by atoms with Gasteiger partial charge in [0.15, 0.2) is 0 Å². The lowest BCUT2D eigenvalue weighted by atomic mass is 10.1. The molecule has 0 saturated carbocycles. The molecule has 0 spiro atoms. The minimum atomic E-state index is 0.768. The van der Waals surface area contributed by atoms with Crippen LogP contribution < -0.4 is 5.73 Å². The van der Waals surface area contributed by atoms with Gasteiger partial charge in [-0.2, -0.15) is 0 Å². The maximum Gasteiger partial charge on any atom is 0.119 e. The standard InChI is InChI=1S/C10H12N4/c1-8-9(3-2-4-10(8)11)5-14-6-12-13-7-14/h2-4,6-7H,5,11H2,1H3. The van der Waals surface area contributed by atoms with E-state index < -0.39 is 0 Å². The first kappa shape index (κ1) is 8.74. The summed E-state index contributed by atoms with van der Waals surface area (Å²) in [5, 5.41) is 7.50. The summed E-state index contributed by atoms with van der Waals surface area (Å²) in [6, 6.07) is 5.93. The van der Waals surface area contributed by atoms with Crippen LogP contribution in [0.5, 0.6) is 0 Å². The Kier molecular flexibility index (Phi) is 2.18. The van der Waals surface area contributed by atoms with Gasteiger partial charge in [-0.15, -0.1) is 10.2 Å². The molecular formula is C10H12N4. The van der Waals surface area contributed by atoms with Gasteiger partial charge in [-0.3, -0.25) is 0 Å². The monoisotopic (exact) mass is 188 g/mol. The molecule has 0 saturated heterocycles. The zero-order valence-electron chi connectivity index (χ0n) is 8.01. The van der Waals surface area contributed by atoms with Gasteiger partial charge >= 0.3 is 0 Å². The molecule has 0 fully saturated rings. The van der Waals surface area contributed by atoms with Crippen molar-refractivity contribution in [1.82, 2.24) is 14.8 Å². The van der Waals surface area contributed by atoms with Crippen LogP contribution in [0.15, 0.2) is 30.9 Å². The first-order valence-electron chi connectivity index (χ1n) is 4.44. The van der Waals surface area contributed by atoms with Crippen molar-refractivity contribution in [3.8, 4) is 0 Å². The summed E-state index contributed by atoms with van der Waals surface area (Å²) in [5.74, 6) is 0. The third-order valence-corrected chi connectivity index (χ3v) is 2.31. The molecule has 0 bridgehead atoms. The molecule has 0 unspecified atom stereocenters. The molecule has 0 aliphatic rings. The molecule has 4 heteroatoms. The summed E-state index contributed by atoms with van der Waals surface area (Å²) in [5.41, 5.74) is 8.96.